The standard InChI is InChI=1S/C43H53BrO10/c1-8-24(2)37-27(5)18-19-42(54-37)22-34-21-33(53-42)17-12-26(4)36(50-29(7)45)25(3)10-9-11-31-23-49-39-38(52-40(46)30-13-15-32(44)16-14-30)28(6)20-35(41(47)51-34)43(31,39)48/h9-16,18-20,24-25,27,33-39,48H,8,17,21-23H2,1-7H3/b10-9+,26-12+,31-11+/t24-,25-,27-,33+,34-,35-,36-,37+,38+,39+,42+,43+/m0/s1. The Morgan fingerprint density at radius 1 is 1.02 bits per heavy atom. The van der Waals surface area contributed by atoms with Crippen molar-refractivity contribution in [3.8, 4) is 0 Å². The van der Waals surface area contributed by atoms with Gasteiger partial charge in [0.25, 0.3) is 0 Å². The molecule has 5 aliphatic rings. The Hall–Kier alpha value is -3.35. The third kappa shape index (κ3) is 8.26. The third-order valence-electron chi connectivity index (χ3n) is 11.6. The second-order valence-corrected chi connectivity index (χ2v) is 16.6. The predicted molar refractivity (Wildman–Crippen MR) is 205 cm³/mol. The molecular weight excluding hydrogens is 756 g/mol. The van der Waals surface area contributed by atoms with E-state index in [9.17, 15) is 19.5 Å². The minimum absolute atomic E-state index is 0.0142. The molecule has 0 saturated carbocycles. The first-order chi connectivity index (χ1) is 25.6. The summed E-state index contributed by atoms with van der Waals surface area (Å²) in [6.07, 6.45) is 11.5. The largest absolute Gasteiger partial charge is 0.462 e. The molecule has 0 aromatic heterocycles. The smallest absolute Gasteiger partial charge is 0.338 e. The molecule has 4 aliphatic heterocycles. The van der Waals surface area contributed by atoms with Gasteiger partial charge in [-0.25, -0.2) is 4.79 Å². The maximum absolute atomic E-state index is 14.5. The van der Waals surface area contributed by atoms with Crippen LogP contribution in [0.3, 0.4) is 0 Å². The van der Waals surface area contributed by atoms with E-state index in [2.05, 4.69) is 42.8 Å². The second-order valence-electron chi connectivity index (χ2n) is 15.7. The predicted octanol–water partition coefficient (Wildman–Crippen LogP) is 7.51. The molecule has 2 saturated heterocycles. The highest BCUT2D eigenvalue weighted by molar-refractivity contribution is 9.10. The van der Waals surface area contributed by atoms with Gasteiger partial charge in [0, 0.05) is 36.1 Å². The number of ether oxygens (including phenoxy) is 6. The Bertz CT molecular complexity index is 1740. The monoisotopic (exact) mass is 808 g/mol. The second kappa shape index (κ2) is 16.4. The molecule has 1 aromatic rings. The van der Waals surface area contributed by atoms with Crippen LogP contribution in [0.4, 0.5) is 0 Å². The number of hydrogen-bond acceptors (Lipinski definition) is 10. The normalized spacial score (nSPS) is 39.8. The fraction of sp³-hybridized carbons (Fsp3) is 0.558. The summed E-state index contributed by atoms with van der Waals surface area (Å²) in [5.41, 5.74) is 0.280. The van der Waals surface area contributed by atoms with Crippen LogP contribution in [0.2, 0.25) is 0 Å². The van der Waals surface area contributed by atoms with E-state index in [1.807, 2.05) is 32.1 Å². The van der Waals surface area contributed by atoms with E-state index >= 15 is 0 Å². The SMILES string of the molecule is CC[C@H](C)[C@H]1O[C@]2(C=C[C@@H]1C)C[C@@H]1C[C@@H](C/C=C(\C)[C@@H](OC(C)=O)[C@@H](C)/C=C/C=C3\CO[C@@H]4[C@H](OC(=O)c5ccc(Br)cc5)C(C)=C[C@@H](C(=O)O1)[C@]34O)O2. The minimum atomic E-state index is -1.91. The molecule has 54 heavy (non-hydrogen) atoms. The van der Waals surface area contributed by atoms with Crippen LogP contribution in [-0.4, -0.2) is 77.6 Å². The van der Waals surface area contributed by atoms with E-state index in [0.29, 0.717) is 29.6 Å². The number of carbonyl (C=O) groups excluding carboxylic acids is 3. The summed E-state index contributed by atoms with van der Waals surface area (Å²) in [6, 6.07) is 6.78. The Morgan fingerprint density at radius 3 is 2.46 bits per heavy atom. The zero-order valence-electron chi connectivity index (χ0n) is 32.2. The molecule has 1 spiro atoms. The number of benzene rings is 1. The molecule has 1 N–H and O–H groups in total. The molecule has 0 radical (unpaired) electrons. The maximum Gasteiger partial charge on any atom is 0.338 e. The van der Waals surface area contributed by atoms with Gasteiger partial charge in [0.05, 0.1) is 24.4 Å². The average molecular weight is 810 g/mol. The summed E-state index contributed by atoms with van der Waals surface area (Å²) in [4.78, 5) is 40.1. The summed E-state index contributed by atoms with van der Waals surface area (Å²) in [6.45, 7) is 13.5. The van der Waals surface area contributed by atoms with Gasteiger partial charge in [-0.05, 0) is 73.2 Å². The first kappa shape index (κ1) is 40.3. The van der Waals surface area contributed by atoms with Crippen LogP contribution in [0.5, 0.6) is 0 Å². The van der Waals surface area contributed by atoms with Gasteiger partial charge >= 0.3 is 17.9 Å². The van der Waals surface area contributed by atoms with Crippen molar-refractivity contribution in [2.75, 3.05) is 6.61 Å². The summed E-state index contributed by atoms with van der Waals surface area (Å²) in [5.74, 6) is -3.71. The van der Waals surface area contributed by atoms with Gasteiger partial charge < -0.3 is 33.5 Å². The molecule has 11 heteroatoms. The molecule has 1 aliphatic carbocycles. The Morgan fingerprint density at radius 2 is 1.76 bits per heavy atom. The number of carbonyl (C=O) groups is 3. The highest BCUT2D eigenvalue weighted by Gasteiger charge is 2.61. The van der Waals surface area contributed by atoms with E-state index < -0.39 is 65.7 Å². The Kier molecular flexibility index (Phi) is 12.2. The van der Waals surface area contributed by atoms with Gasteiger partial charge in [0.1, 0.15) is 29.8 Å². The molecule has 0 unspecified atom stereocenters. The van der Waals surface area contributed by atoms with E-state index in [1.54, 1.807) is 49.4 Å². The Balaban J connectivity index is 1.40. The molecule has 6 rings (SSSR count). The third-order valence-corrected chi connectivity index (χ3v) is 12.1. The van der Waals surface area contributed by atoms with Gasteiger partial charge in [-0.2, -0.15) is 0 Å². The summed E-state index contributed by atoms with van der Waals surface area (Å²) >= 11 is 3.39. The highest BCUT2D eigenvalue weighted by atomic mass is 79.9. The zero-order valence-corrected chi connectivity index (χ0v) is 33.7. The molecule has 10 nitrogen and oxygen atoms in total. The Labute approximate surface area is 326 Å². The van der Waals surface area contributed by atoms with Gasteiger partial charge in [0.2, 0.25) is 0 Å². The van der Waals surface area contributed by atoms with Crippen LogP contribution >= 0.6 is 15.9 Å². The average Bonchev–Trinajstić information content (AvgIpc) is 3.47. The summed E-state index contributed by atoms with van der Waals surface area (Å²) in [5, 5.41) is 12.8. The van der Waals surface area contributed by atoms with Crippen molar-refractivity contribution in [2.45, 2.75) is 122 Å². The van der Waals surface area contributed by atoms with Crippen molar-refractivity contribution in [1.29, 1.82) is 0 Å². The molecule has 12 atom stereocenters. The maximum atomic E-state index is 14.5. The van der Waals surface area contributed by atoms with Gasteiger partial charge in [-0.15, -0.1) is 0 Å². The fourth-order valence-electron chi connectivity index (χ4n) is 8.43. The quantitative estimate of drug-likeness (QED) is 0.182. The number of aliphatic hydroxyl groups is 1. The zero-order chi connectivity index (χ0) is 38.9. The van der Waals surface area contributed by atoms with Crippen molar-refractivity contribution in [3.63, 3.8) is 0 Å². The lowest BCUT2D eigenvalue weighted by Gasteiger charge is -2.48. The van der Waals surface area contributed by atoms with E-state index in [1.165, 1.54) is 6.92 Å². The van der Waals surface area contributed by atoms with Crippen molar-refractivity contribution in [3.05, 3.63) is 93.6 Å². The van der Waals surface area contributed by atoms with Crippen molar-refractivity contribution >= 4 is 33.8 Å². The van der Waals surface area contributed by atoms with E-state index in [-0.39, 0.29) is 36.9 Å². The number of hydrogen-bond donors (Lipinski definition) is 1. The molecular formula is C43H53BrO10. The fourth-order valence-corrected chi connectivity index (χ4v) is 8.69. The molecule has 1 aromatic carbocycles. The van der Waals surface area contributed by atoms with E-state index in [0.717, 1.165) is 16.5 Å². The topological polar surface area (TPSA) is 127 Å². The first-order valence-corrected chi connectivity index (χ1v) is 19.9. The van der Waals surface area contributed by atoms with Crippen LogP contribution in [0.1, 0.15) is 84.5 Å². The number of allylic oxidation sites excluding steroid dienone is 2. The van der Waals surface area contributed by atoms with Crippen LogP contribution < -0.4 is 0 Å². The minimum Gasteiger partial charge on any atom is -0.462 e. The number of rotatable bonds is 5. The van der Waals surface area contributed by atoms with Crippen LogP contribution in [0, 0.1) is 23.7 Å². The van der Waals surface area contributed by atoms with Crippen molar-refractivity contribution < 1.29 is 47.9 Å². The lowest BCUT2D eigenvalue weighted by atomic mass is 9.70. The lowest BCUT2D eigenvalue weighted by Crippen LogP contribution is -2.59. The molecule has 0 amide bonds. The van der Waals surface area contributed by atoms with Crippen LogP contribution in [0.25, 0.3) is 0 Å². The van der Waals surface area contributed by atoms with Crippen LogP contribution in [0.15, 0.2) is 88.0 Å². The number of esters is 3. The van der Waals surface area contributed by atoms with E-state index in [4.69, 9.17) is 28.4 Å². The van der Waals surface area contributed by atoms with Gasteiger partial charge in [0.15, 0.2) is 11.9 Å². The first-order valence-electron chi connectivity index (χ1n) is 19.1. The summed E-state index contributed by atoms with van der Waals surface area (Å²) in [7, 11) is 0. The van der Waals surface area contributed by atoms with Gasteiger partial charge in [-0.1, -0.05) is 86.5 Å². The van der Waals surface area contributed by atoms with Gasteiger partial charge in [-0.3, -0.25) is 9.59 Å². The van der Waals surface area contributed by atoms with Crippen molar-refractivity contribution in [2.24, 2.45) is 23.7 Å². The molecule has 292 valence electrons. The van der Waals surface area contributed by atoms with Crippen molar-refractivity contribution in [1.82, 2.24) is 0 Å². The summed E-state index contributed by atoms with van der Waals surface area (Å²) < 4.78 is 38.9. The lowest BCUT2D eigenvalue weighted by molar-refractivity contribution is -0.300. The molecule has 2 bridgehead atoms. The molecule has 4 heterocycles. The number of halogens is 1. The van der Waals surface area contributed by atoms with Crippen LogP contribution in [-0.2, 0) is 38.0 Å². The number of fused-ring (bicyclic) bond motifs is 2. The molecule has 2 fully saturated rings. The highest BCUT2D eigenvalue weighted by Crippen LogP contribution is 2.48.